The van der Waals surface area contributed by atoms with Crippen LogP contribution in [0.2, 0.25) is 0 Å². The van der Waals surface area contributed by atoms with Gasteiger partial charge >= 0.3 is 0 Å². The minimum Gasteiger partial charge on any atom is -0.477 e. The van der Waals surface area contributed by atoms with E-state index in [1.807, 2.05) is 18.2 Å². The van der Waals surface area contributed by atoms with E-state index in [2.05, 4.69) is 20.0 Å². The molecule has 4 aromatic heterocycles. The molecule has 0 bridgehead atoms. The highest BCUT2D eigenvalue weighted by Crippen LogP contribution is 2.33. The molecule has 1 fully saturated rings. The maximum Gasteiger partial charge on any atom is 0.231 e. The zero-order valence-electron chi connectivity index (χ0n) is 17.9. The Kier molecular flexibility index (Phi) is 5.46. The molecular formula is C22H25N5O4S. The van der Waals surface area contributed by atoms with Crippen LogP contribution in [0.3, 0.4) is 0 Å². The second kappa shape index (κ2) is 8.42. The highest BCUT2D eigenvalue weighted by atomic mass is 32.2. The fraction of sp³-hybridized carbons (Fsp3) is 0.409. The molecule has 1 saturated heterocycles. The molecule has 1 aliphatic rings. The number of fused-ring (bicyclic) bond motifs is 2. The molecule has 9 nitrogen and oxygen atoms in total. The number of hydrogen-bond acceptors (Lipinski definition) is 8. The van der Waals surface area contributed by atoms with Crippen molar-refractivity contribution in [3.63, 3.8) is 0 Å². The minimum atomic E-state index is -3.01. The van der Waals surface area contributed by atoms with Gasteiger partial charge in [-0.2, -0.15) is 0 Å². The van der Waals surface area contributed by atoms with E-state index >= 15 is 0 Å². The summed E-state index contributed by atoms with van der Waals surface area (Å²) in [6.07, 6.45) is 8.74. The third kappa shape index (κ3) is 4.27. The molecule has 0 saturated carbocycles. The molecule has 5 rings (SSSR count). The summed E-state index contributed by atoms with van der Waals surface area (Å²) in [5.41, 5.74) is 2.15. The Morgan fingerprint density at radius 1 is 1.12 bits per heavy atom. The Labute approximate surface area is 185 Å². The monoisotopic (exact) mass is 455 g/mol. The number of piperidine rings is 1. The van der Waals surface area contributed by atoms with E-state index in [0.717, 1.165) is 29.9 Å². The van der Waals surface area contributed by atoms with Crippen LogP contribution >= 0.6 is 0 Å². The van der Waals surface area contributed by atoms with Crippen LogP contribution in [0, 0.1) is 0 Å². The van der Waals surface area contributed by atoms with Crippen molar-refractivity contribution >= 4 is 32.3 Å². The first-order chi connectivity index (χ1) is 15.5. The molecule has 5 heterocycles. The van der Waals surface area contributed by atoms with E-state index in [0.29, 0.717) is 29.4 Å². The average Bonchev–Trinajstić information content (AvgIpc) is 3.40. The molecular weight excluding hydrogens is 430 g/mol. The van der Waals surface area contributed by atoms with Crippen LogP contribution in [-0.4, -0.2) is 59.7 Å². The van der Waals surface area contributed by atoms with Crippen molar-refractivity contribution in [2.45, 2.75) is 25.7 Å². The van der Waals surface area contributed by atoms with Crippen molar-refractivity contribution in [2.24, 2.45) is 0 Å². The predicted molar refractivity (Wildman–Crippen MR) is 122 cm³/mol. The van der Waals surface area contributed by atoms with Gasteiger partial charge in [0.2, 0.25) is 5.88 Å². The van der Waals surface area contributed by atoms with Gasteiger partial charge in [0.25, 0.3) is 0 Å². The van der Waals surface area contributed by atoms with Crippen LogP contribution in [0.15, 0.2) is 41.1 Å². The number of ether oxygens (including phenoxy) is 1. The number of nitrogens with zero attached hydrogens (tertiary/aromatic N) is 5. The standard InChI is InChI=1S/C22H25N5O4S/c1-32(28,29)13-5-12-30-21-7-6-20-24-15-17(27(20)25-21)19-14-16-18(31-19)8-9-23-22(16)26-10-3-2-4-11-26/h6-9,14-15H,2-5,10-13H2,1H3. The van der Waals surface area contributed by atoms with E-state index in [1.54, 1.807) is 23.0 Å². The number of rotatable bonds is 7. The first-order valence-corrected chi connectivity index (χ1v) is 12.8. The van der Waals surface area contributed by atoms with E-state index in [9.17, 15) is 8.42 Å². The quantitative estimate of drug-likeness (QED) is 0.391. The normalized spacial score (nSPS) is 15.0. The summed E-state index contributed by atoms with van der Waals surface area (Å²) in [7, 11) is -3.01. The second-order valence-electron chi connectivity index (χ2n) is 8.12. The Bertz CT molecular complexity index is 1360. The van der Waals surface area contributed by atoms with Crippen molar-refractivity contribution in [1.82, 2.24) is 19.6 Å². The highest BCUT2D eigenvalue weighted by molar-refractivity contribution is 7.90. The maximum atomic E-state index is 11.3. The Hall–Kier alpha value is -3.14. The number of anilines is 1. The zero-order chi connectivity index (χ0) is 22.1. The molecule has 1 aliphatic heterocycles. The summed E-state index contributed by atoms with van der Waals surface area (Å²) in [5, 5.41) is 5.50. The van der Waals surface area contributed by atoms with Crippen LogP contribution in [-0.2, 0) is 9.84 Å². The van der Waals surface area contributed by atoms with Crippen molar-refractivity contribution in [2.75, 3.05) is 36.6 Å². The van der Waals surface area contributed by atoms with E-state index in [1.165, 1.54) is 25.5 Å². The summed E-state index contributed by atoms with van der Waals surface area (Å²) in [6, 6.07) is 7.41. The number of hydrogen-bond donors (Lipinski definition) is 0. The Balaban J connectivity index is 1.44. The number of pyridine rings is 1. The predicted octanol–water partition coefficient (Wildman–Crippen LogP) is 3.34. The molecule has 168 valence electrons. The fourth-order valence-corrected chi connectivity index (χ4v) is 4.67. The maximum absolute atomic E-state index is 11.3. The van der Waals surface area contributed by atoms with Crippen LogP contribution in [0.5, 0.6) is 5.88 Å². The fourth-order valence-electron chi connectivity index (χ4n) is 4.03. The number of aromatic nitrogens is 4. The van der Waals surface area contributed by atoms with Crippen molar-refractivity contribution in [3.05, 3.63) is 36.7 Å². The van der Waals surface area contributed by atoms with Gasteiger partial charge in [-0.05, 0) is 43.9 Å². The molecule has 0 unspecified atom stereocenters. The van der Waals surface area contributed by atoms with Gasteiger partial charge in [0, 0.05) is 31.6 Å². The second-order valence-corrected chi connectivity index (χ2v) is 10.4. The van der Waals surface area contributed by atoms with Crippen LogP contribution < -0.4 is 9.64 Å². The third-order valence-electron chi connectivity index (χ3n) is 5.58. The molecule has 32 heavy (non-hydrogen) atoms. The smallest absolute Gasteiger partial charge is 0.231 e. The van der Waals surface area contributed by atoms with Crippen LogP contribution in [0.25, 0.3) is 28.1 Å². The third-order valence-corrected chi connectivity index (χ3v) is 6.61. The number of furan rings is 1. The van der Waals surface area contributed by atoms with Gasteiger partial charge < -0.3 is 14.1 Å². The van der Waals surface area contributed by atoms with Crippen molar-refractivity contribution < 1.29 is 17.6 Å². The van der Waals surface area contributed by atoms with Gasteiger partial charge in [-0.1, -0.05) is 0 Å². The molecule has 0 amide bonds. The molecule has 0 aromatic carbocycles. The molecule has 0 spiro atoms. The lowest BCUT2D eigenvalue weighted by molar-refractivity contribution is 0.301. The lowest BCUT2D eigenvalue weighted by atomic mass is 10.1. The molecule has 4 aromatic rings. The Morgan fingerprint density at radius 3 is 2.78 bits per heavy atom. The SMILES string of the molecule is CS(=O)(=O)CCCOc1ccc2ncc(-c3cc4c(N5CCCCC5)nccc4o3)n2n1. The highest BCUT2D eigenvalue weighted by Gasteiger charge is 2.19. The largest absolute Gasteiger partial charge is 0.477 e. The summed E-state index contributed by atoms with van der Waals surface area (Å²) in [5.74, 6) is 2.09. The van der Waals surface area contributed by atoms with Crippen LogP contribution in [0.1, 0.15) is 25.7 Å². The van der Waals surface area contributed by atoms with E-state index in [4.69, 9.17) is 9.15 Å². The van der Waals surface area contributed by atoms with Gasteiger partial charge in [0.15, 0.2) is 11.4 Å². The van der Waals surface area contributed by atoms with Crippen molar-refractivity contribution in [3.8, 4) is 17.3 Å². The first kappa shape index (κ1) is 20.7. The Morgan fingerprint density at radius 2 is 1.97 bits per heavy atom. The minimum absolute atomic E-state index is 0.0813. The average molecular weight is 456 g/mol. The molecule has 0 N–H and O–H groups in total. The summed E-state index contributed by atoms with van der Waals surface area (Å²) < 4.78 is 36.0. The van der Waals surface area contributed by atoms with E-state index < -0.39 is 9.84 Å². The van der Waals surface area contributed by atoms with Crippen LogP contribution in [0.4, 0.5) is 5.82 Å². The van der Waals surface area contributed by atoms with E-state index in [-0.39, 0.29) is 12.4 Å². The topological polar surface area (TPSA) is 103 Å². The van der Waals surface area contributed by atoms with Crippen molar-refractivity contribution in [1.29, 1.82) is 0 Å². The molecule has 0 radical (unpaired) electrons. The summed E-state index contributed by atoms with van der Waals surface area (Å²) in [6.45, 7) is 2.28. The van der Waals surface area contributed by atoms with Gasteiger partial charge in [-0.3, -0.25) is 0 Å². The van der Waals surface area contributed by atoms with Gasteiger partial charge in [-0.15, -0.1) is 5.10 Å². The number of sulfone groups is 1. The summed E-state index contributed by atoms with van der Waals surface area (Å²) in [4.78, 5) is 11.4. The van der Waals surface area contributed by atoms with Gasteiger partial charge in [0.1, 0.15) is 26.9 Å². The first-order valence-electron chi connectivity index (χ1n) is 10.8. The van der Waals surface area contributed by atoms with Gasteiger partial charge in [0.05, 0.1) is 23.9 Å². The lowest BCUT2D eigenvalue weighted by Gasteiger charge is -2.27. The zero-order valence-corrected chi connectivity index (χ0v) is 18.7. The molecule has 10 heteroatoms. The number of imidazole rings is 1. The molecule has 0 atom stereocenters. The van der Waals surface area contributed by atoms with Gasteiger partial charge in [-0.25, -0.2) is 22.9 Å². The lowest BCUT2D eigenvalue weighted by Crippen LogP contribution is -2.30. The summed E-state index contributed by atoms with van der Waals surface area (Å²) >= 11 is 0. The molecule has 0 aliphatic carbocycles.